The molecular formula is C6H6N4S. The highest BCUT2D eigenvalue weighted by molar-refractivity contribution is 7.13. The average Bonchev–Trinajstić information content (AvgIpc) is 2.55. The minimum Gasteiger partial charge on any atom is -0.280 e. The Morgan fingerprint density at radius 2 is 2.36 bits per heavy atom. The molecule has 0 N–H and O–H groups in total. The summed E-state index contributed by atoms with van der Waals surface area (Å²) in [5, 5.41) is 9.67. The van der Waals surface area contributed by atoms with Gasteiger partial charge in [-0.25, -0.2) is 4.98 Å². The zero-order valence-electron chi connectivity index (χ0n) is 5.93. The fourth-order valence-corrected chi connectivity index (χ4v) is 1.40. The summed E-state index contributed by atoms with van der Waals surface area (Å²) in [4.78, 5) is 3.91. The first-order chi connectivity index (χ1) is 5.36. The molecule has 11 heavy (non-hydrogen) atoms. The van der Waals surface area contributed by atoms with Crippen molar-refractivity contribution in [3.63, 3.8) is 0 Å². The van der Waals surface area contributed by atoms with Gasteiger partial charge in [0.1, 0.15) is 11.3 Å². The van der Waals surface area contributed by atoms with E-state index in [-0.39, 0.29) is 0 Å². The Kier molecular flexibility index (Phi) is 1.43. The van der Waals surface area contributed by atoms with Gasteiger partial charge in [0, 0.05) is 12.4 Å². The van der Waals surface area contributed by atoms with Crippen LogP contribution in [0, 0.1) is 6.92 Å². The molecule has 0 aliphatic carbocycles. The highest BCUT2D eigenvalue weighted by Crippen LogP contribution is 2.11. The Labute approximate surface area is 67.5 Å². The molecule has 2 heterocycles. The van der Waals surface area contributed by atoms with Crippen molar-refractivity contribution in [3.05, 3.63) is 23.7 Å². The number of aromatic nitrogens is 4. The lowest BCUT2D eigenvalue weighted by atomic mass is 10.9. The van der Waals surface area contributed by atoms with Crippen molar-refractivity contribution < 1.29 is 0 Å². The third-order valence-electron chi connectivity index (χ3n) is 1.24. The molecule has 0 unspecified atom stereocenters. The second-order valence-corrected chi connectivity index (χ2v) is 3.23. The lowest BCUT2D eigenvalue weighted by molar-refractivity contribution is 0.952. The topological polar surface area (TPSA) is 43.6 Å². The predicted molar refractivity (Wildman–Crippen MR) is 41.8 cm³/mol. The molecular weight excluding hydrogens is 160 g/mol. The van der Waals surface area contributed by atoms with Crippen molar-refractivity contribution in [2.45, 2.75) is 6.92 Å². The number of hydrogen-bond donors (Lipinski definition) is 0. The van der Waals surface area contributed by atoms with E-state index in [9.17, 15) is 0 Å². The van der Waals surface area contributed by atoms with Crippen LogP contribution in [0.2, 0.25) is 0 Å². The number of aryl methyl sites for hydroxylation is 1. The van der Waals surface area contributed by atoms with Crippen LogP contribution in [0.1, 0.15) is 5.01 Å². The largest absolute Gasteiger partial charge is 0.280 e. The summed E-state index contributed by atoms with van der Waals surface area (Å²) in [5.74, 6) is 0. The molecule has 0 bridgehead atoms. The molecule has 0 aliphatic rings. The van der Waals surface area contributed by atoms with Gasteiger partial charge in [-0.2, -0.15) is 0 Å². The molecule has 0 saturated carbocycles. The van der Waals surface area contributed by atoms with E-state index in [1.807, 2.05) is 17.7 Å². The number of rotatable bonds is 1. The van der Waals surface area contributed by atoms with Crippen LogP contribution < -0.4 is 0 Å². The zero-order valence-corrected chi connectivity index (χ0v) is 6.75. The lowest BCUT2D eigenvalue weighted by Gasteiger charge is -1.89. The third kappa shape index (κ3) is 1.14. The third-order valence-corrected chi connectivity index (χ3v) is 2.09. The van der Waals surface area contributed by atoms with Crippen molar-refractivity contribution in [1.82, 2.24) is 19.7 Å². The van der Waals surface area contributed by atoms with Gasteiger partial charge in [-0.05, 0) is 6.92 Å². The van der Waals surface area contributed by atoms with E-state index in [0.717, 1.165) is 10.1 Å². The highest BCUT2D eigenvalue weighted by atomic mass is 32.1. The van der Waals surface area contributed by atoms with Gasteiger partial charge < -0.3 is 0 Å². The monoisotopic (exact) mass is 166 g/mol. The quantitative estimate of drug-likeness (QED) is 0.635. The second kappa shape index (κ2) is 2.43. The summed E-state index contributed by atoms with van der Waals surface area (Å²) >= 11 is 1.55. The van der Waals surface area contributed by atoms with Crippen LogP contribution in [0.4, 0.5) is 0 Å². The molecule has 0 radical (unpaired) electrons. The van der Waals surface area contributed by atoms with Crippen molar-refractivity contribution in [3.8, 4) is 5.13 Å². The summed E-state index contributed by atoms with van der Waals surface area (Å²) in [7, 11) is 0. The standard InChI is InChI=1S/C6H6N4S/c1-5-8-9-6(11-5)10-3-2-7-4-10/h2-4H,1H3. The molecule has 2 rings (SSSR count). The molecule has 5 heteroatoms. The van der Waals surface area contributed by atoms with Crippen LogP contribution in [0.15, 0.2) is 18.7 Å². The minimum absolute atomic E-state index is 0.861. The summed E-state index contributed by atoms with van der Waals surface area (Å²) < 4.78 is 1.84. The molecule has 0 aromatic carbocycles. The molecule has 0 spiro atoms. The maximum absolute atomic E-state index is 3.95. The molecule has 0 saturated heterocycles. The first-order valence-electron chi connectivity index (χ1n) is 3.15. The van der Waals surface area contributed by atoms with Gasteiger partial charge >= 0.3 is 0 Å². The normalized spacial score (nSPS) is 10.3. The van der Waals surface area contributed by atoms with Crippen molar-refractivity contribution in [2.24, 2.45) is 0 Å². The smallest absolute Gasteiger partial charge is 0.217 e. The molecule has 56 valence electrons. The van der Waals surface area contributed by atoms with Gasteiger partial charge in [-0.15, -0.1) is 10.2 Å². The highest BCUT2D eigenvalue weighted by Gasteiger charge is 1.99. The Hall–Kier alpha value is -1.23. The Morgan fingerprint density at radius 3 is 2.91 bits per heavy atom. The van der Waals surface area contributed by atoms with E-state index in [0.29, 0.717) is 0 Å². The number of hydrogen-bond acceptors (Lipinski definition) is 4. The first-order valence-corrected chi connectivity index (χ1v) is 3.96. The minimum atomic E-state index is 0.861. The van der Waals surface area contributed by atoms with Crippen molar-refractivity contribution in [2.75, 3.05) is 0 Å². The maximum Gasteiger partial charge on any atom is 0.217 e. The number of imidazole rings is 1. The van der Waals surface area contributed by atoms with Gasteiger partial charge in [0.2, 0.25) is 5.13 Å². The fourth-order valence-electron chi connectivity index (χ4n) is 0.763. The Bertz CT molecular complexity index is 337. The summed E-state index contributed by atoms with van der Waals surface area (Å²) in [6, 6.07) is 0. The summed E-state index contributed by atoms with van der Waals surface area (Å²) in [5.41, 5.74) is 0. The molecule has 2 aromatic heterocycles. The van der Waals surface area contributed by atoms with E-state index < -0.39 is 0 Å². The summed E-state index contributed by atoms with van der Waals surface area (Å²) in [6.07, 6.45) is 5.27. The van der Waals surface area contributed by atoms with Crippen LogP contribution in [-0.2, 0) is 0 Å². The van der Waals surface area contributed by atoms with Crippen LogP contribution >= 0.6 is 11.3 Å². The van der Waals surface area contributed by atoms with Gasteiger partial charge in [0.05, 0.1) is 0 Å². The van der Waals surface area contributed by atoms with E-state index in [2.05, 4.69) is 15.2 Å². The average molecular weight is 166 g/mol. The van der Waals surface area contributed by atoms with E-state index in [4.69, 9.17) is 0 Å². The van der Waals surface area contributed by atoms with Crippen LogP contribution in [0.25, 0.3) is 5.13 Å². The molecule has 0 amide bonds. The van der Waals surface area contributed by atoms with Gasteiger partial charge in [-0.3, -0.25) is 4.57 Å². The van der Waals surface area contributed by atoms with E-state index >= 15 is 0 Å². The molecule has 0 fully saturated rings. The molecule has 4 nitrogen and oxygen atoms in total. The van der Waals surface area contributed by atoms with Crippen LogP contribution in [-0.4, -0.2) is 19.7 Å². The van der Waals surface area contributed by atoms with Crippen LogP contribution in [0.5, 0.6) is 0 Å². The zero-order chi connectivity index (χ0) is 7.68. The lowest BCUT2D eigenvalue weighted by Crippen LogP contribution is -1.87. The number of nitrogens with zero attached hydrogens (tertiary/aromatic N) is 4. The summed E-state index contributed by atoms with van der Waals surface area (Å²) in [6.45, 7) is 1.93. The fraction of sp³-hybridized carbons (Fsp3) is 0.167. The van der Waals surface area contributed by atoms with Gasteiger partial charge in [0.25, 0.3) is 0 Å². The Balaban J connectivity index is 2.45. The first kappa shape index (κ1) is 6.48. The SMILES string of the molecule is Cc1nnc(-n2ccnc2)s1. The van der Waals surface area contributed by atoms with Crippen molar-refractivity contribution >= 4 is 11.3 Å². The van der Waals surface area contributed by atoms with Crippen LogP contribution in [0.3, 0.4) is 0 Å². The molecule has 0 atom stereocenters. The van der Waals surface area contributed by atoms with E-state index in [1.165, 1.54) is 0 Å². The second-order valence-electron chi connectivity index (χ2n) is 2.07. The Morgan fingerprint density at radius 1 is 1.45 bits per heavy atom. The van der Waals surface area contributed by atoms with E-state index in [1.54, 1.807) is 23.9 Å². The predicted octanol–water partition coefficient (Wildman–Crippen LogP) is 1.03. The maximum atomic E-state index is 3.95. The molecule has 2 aromatic rings. The van der Waals surface area contributed by atoms with Gasteiger partial charge in [0.15, 0.2) is 0 Å². The van der Waals surface area contributed by atoms with Gasteiger partial charge in [-0.1, -0.05) is 11.3 Å². The van der Waals surface area contributed by atoms with Crippen molar-refractivity contribution in [1.29, 1.82) is 0 Å². The molecule has 0 aliphatic heterocycles.